The Kier molecular flexibility index (Phi) is 7.24. The number of amides is 2. The average Bonchev–Trinajstić information content (AvgIpc) is 3.03. The van der Waals surface area contributed by atoms with Crippen LogP contribution in [0.1, 0.15) is 39.7 Å². The van der Waals surface area contributed by atoms with Crippen molar-refractivity contribution in [3.63, 3.8) is 0 Å². The fourth-order valence-corrected chi connectivity index (χ4v) is 3.27. The number of ether oxygens (including phenoxy) is 2. The Morgan fingerprint density at radius 3 is 2.45 bits per heavy atom. The molecule has 8 heteroatoms. The van der Waals surface area contributed by atoms with Crippen molar-refractivity contribution in [2.75, 3.05) is 20.2 Å². The summed E-state index contributed by atoms with van der Waals surface area (Å²) in [5.74, 6) is -0.964. The zero-order valence-electron chi connectivity index (χ0n) is 17.8. The van der Waals surface area contributed by atoms with Gasteiger partial charge in [0.1, 0.15) is 11.6 Å². The van der Waals surface area contributed by atoms with E-state index in [1.54, 1.807) is 27.7 Å². The number of hydrogen-bond acceptors (Lipinski definition) is 6. The third-order valence-corrected chi connectivity index (χ3v) is 4.66. The first kappa shape index (κ1) is 22.7. The van der Waals surface area contributed by atoms with Crippen LogP contribution in [0.5, 0.6) is 0 Å². The van der Waals surface area contributed by atoms with Crippen LogP contribution >= 0.6 is 0 Å². The number of esters is 1. The van der Waals surface area contributed by atoms with Crippen LogP contribution < -0.4 is 10.6 Å². The number of hydrogen-bond donors (Lipinski definition) is 2. The maximum Gasteiger partial charge on any atom is 0.408 e. The Balaban J connectivity index is 2.02. The second kappa shape index (κ2) is 9.26. The van der Waals surface area contributed by atoms with Crippen LogP contribution in [0.25, 0.3) is 0 Å². The molecule has 1 aliphatic heterocycles. The second-order valence-corrected chi connectivity index (χ2v) is 8.38. The minimum atomic E-state index is -1.15. The summed E-state index contributed by atoms with van der Waals surface area (Å²) in [6.07, 6.45) is -0.262. The van der Waals surface area contributed by atoms with E-state index < -0.39 is 35.2 Å². The largest absolute Gasteiger partial charge is 0.467 e. The monoisotopic (exact) mass is 405 g/mol. The van der Waals surface area contributed by atoms with E-state index in [0.29, 0.717) is 26.1 Å². The van der Waals surface area contributed by atoms with Crippen LogP contribution in [-0.2, 0) is 25.6 Å². The number of alkyl carbamates (subject to hydrolysis) is 1. The van der Waals surface area contributed by atoms with E-state index in [-0.39, 0.29) is 0 Å². The van der Waals surface area contributed by atoms with Gasteiger partial charge >= 0.3 is 12.1 Å². The number of methoxy groups -OCH3 is 1. The minimum Gasteiger partial charge on any atom is -0.467 e. The van der Waals surface area contributed by atoms with E-state index >= 15 is 0 Å². The van der Waals surface area contributed by atoms with E-state index in [1.165, 1.54) is 7.11 Å². The van der Waals surface area contributed by atoms with Crippen molar-refractivity contribution in [3.05, 3.63) is 35.9 Å². The van der Waals surface area contributed by atoms with Gasteiger partial charge in [0.05, 0.1) is 7.11 Å². The molecule has 0 aliphatic carbocycles. The van der Waals surface area contributed by atoms with Crippen LogP contribution in [0.15, 0.2) is 30.3 Å². The molecule has 2 N–H and O–H groups in total. The molecular formula is C21H31N3O5. The van der Waals surface area contributed by atoms with E-state index in [1.807, 2.05) is 30.3 Å². The third kappa shape index (κ3) is 6.45. The molecule has 0 saturated carbocycles. The highest BCUT2D eigenvalue weighted by Crippen LogP contribution is 2.25. The molecule has 1 aromatic rings. The highest BCUT2D eigenvalue weighted by atomic mass is 16.6. The summed E-state index contributed by atoms with van der Waals surface area (Å²) in [7, 11) is 1.30. The lowest BCUT2D eigenvalue weighted by molar-refractivity contribution is -0.150. The molecule has 2 amide bonds. The number of benzene rings is 1. The molecule has 8 nitrogen and oxygen atoms in total. The molecule has 160 valence electrons. The molecule has 1 fully saturated rings. The van der Waals surface area contributed by atoms with Crippen LogP contribution in [0.2, 0.25) is 0 Å². The molecule has 2 rings (SSSR count). The number of nitrogens with zero attached hydrogens (tertiary/aromatic N) is 1. The summed E-state index contributed by atoms with van der Waals surface area (Å²) in [6, 6.07) is 9.04. The summed E-state index contributed by atoms with van der Waals surface area (Å²) in [6.45, 7) is 8.40. The Morgan fingerprint density at radius 1 is 1.21 bits per heavy atom. The normalized spacial score (nSPS) is 20.6. The molecule has 2 atom stereocenters. The quantitative estimate of drug-likeness (QED) is 0.701. The SMILES string of the molecule is COC(=O)C1(NC(=O)[C@@H](C)NC(=O)OC(C)(C)C)CCN(Cc2ccccc2)C1. The molecule has 1 unspecified atom stereocenters. The lowest BCUT2D eigenvalue weighted by Crippen LogP contribution is -2.60. The number of carbonyl (C=O) groups excluding carboxylic acids is 3. The van der Waals surface area contributed by atoms with Gasteiger partial charge in [0.2, 0.25) is 5.91 Å². The first-order chi connectivity index (χ1) is 13.5. The molecule has 1 aliphatic rings. The Hall–Kier alpha value is -2.61. The molecule has 29 heavy (non-hydrogen) atoms. The third-order valence-electron chi connectivity index (χ3n) is 4.66. The van der Waals surface area contributed by atoms with Crippen molar-refractivity contribution < 1.29 is 23.9 Å². The second-order valence-electron chi connectivity index (χ2n) is 8.38. The van der Waals surface area contributed by atoms with Crippen LogP contribution in [0, 0.1) is 0 Å². The summed E-state index contributed by atoms with van der Waals surface area (Å²) in [4.78, 5) is 39.2. The smallest absolute Gasteiger partial charge is 0.408 e. The van der Waals surface area contributed by atoms with Gasteiger partial charge in [-0.3, -0.25) is 9.69 Å². The number of carbonyl (C=O) groups is 3. The molecular weight excluding hydrogens is 374 g/mol. The minimum absolute atomic E-state index is 0.333. The molecule has 0 radical (unpaired) electrons. The van der Waals surface area contributed by atoms with Gasteiger partial charge in [-0.25, -0.2) is 9.59 Å². The zero-order valence-corrected chi connectivity index (χ0v) is 17.8. The van der Waals surface area contributed by atoms with Gasteiger partial charge in [0.15, 0.2) is 5.54 Å². The van der Waals surface area contributed by atoms with Crippen LogP contribution in [-0.4, -0.2) is 60.3 Å². The molecule has 0 bridgehead atoms. The van der Waals surface area contributed by atoms with Crippen molar-refractivity contribution in [1.82, 2.24) is 15.5 Å². The molecule has 0 aromatic heterocycles. The van der Waals surface area contributed by atoms with E-state index in [4.69, 9.17) is 9.47 Å². The van der Waals surface area contributed by atoms with Crippen molar-refractivity contribution in [1.29, 1.82) is 0 Å². The fourth-order valence-electron chi connectivity index (χ4n) is 3.27. The fraction of sp³-hybridized carbons (Fsp3) is 0.571. The van der Waals surface area contributed by atoms with Crippen molar-refractivity contribution in [2.24, 2.45) is 0 Å². The number of nitrogens with one attached hydrogen (secondary N) is 2. The highest BCUT2D eigenvalue weighted by molar-refractivity contribution is 5.92. The van der Waals surface area contributed by atoms with Gasteiger partial charge in [-0.05, 0) is 39.7 Å². The van der Waals surface area contributed by atoms with Gasteiger partial charge in [0.25, 0.3) is 0 Å². The predicted octanol–water partition coefficient (Wildman–Crippen LogP) is 1.83. The Labute approximate surface area is 171 Å². The highest BCUT2D eigenvalue weighted by Gasteiger charge is 2.47. The Morgan fingerprint density at radius 2 is 1.86 bits per heavy atom. The standard InChI is InChI=1S/C21H31N3O5/c1-15(22-19(27)29-20(2,3)4)17(25)23-21(18(26)28-5)11-12-24(14-21)13-16-9-7-6-8-10-16/h6-10,15H,11-14H2,1-5H3,(H,22,27)(H,23,25)/t15-,21?/m1/s1. The summed E-state index contributed by atoms with van der Waals surface area (Å²) < 4.78 is 10.1. The Bertz CT molecular complexity index is 732. The molecule has 1 saturated heterocycles. The van der Waals surface area contributed by atoms with Crippen molar-refractivity contribution in [2.45, 2.75) is 57.8 Å². The van der Waals surface area contributed by atoms with Crippen molar-refractivity contribution in [3.8, 4) is 0 Å². The zero-order chi connectivity index (χ0) is 21.7. The number of rotatable bonds is 6. The first-order valence-corrected chi connectivity index (χ1v) is 9.71. The summed E-state index contributed by atoms with van der Waals surface area (Å²) >= 11 is 0. The van der Waals surface area contributed by atoms with Gasteiger partial charge in [-0.15, -0.1) is 0 Å². The maximum absolute atomic E-state index is 12.7. The van der Waals surface area contributed by atoms with E-state index in [2.05, 4.69) is 15.5 Å². The van der Waals surface area contributed by atoms with Gasteiger partial charge < -0.3 is 20.1 Å². The lowest BCUT2D eigenvalue weighted by atomic mass is 9.98. The lowest BCUT2D eigenvalue weighted by Gasteiger charge is -2.29. The van der Waals surface area contributed by atoms with Gasteiger partial charge in [-0.1, -0.05) is 30.3 Å². The average molecular weight is 405 g/mol. The van der Waals surface area contributed by atoms with E-state index in [0.717, 1.165) is 5.56 Å². The number of likely N-dealkylation sites (tertiary alicyclic amines) is 1. The van der Waals surface area contributed by atoms with Gasteiger partial charge in [0, 0.05) is 19.6 Å². The summed E-state index contributed by atoms with van der Waals surface area (Å²) in [5.41, 5.74) is -0.694. The van der Waals surface area contributed by atoms with Crippen molar-refractivity contribution >= 4 is 18.0 Å². The predicted molar refractivity (Wildman–Crippen MR) is 108 cm³/mol. The van der Waals surface area contributed by atoms with E-state index in [9.17, 15) is 14.4 Å². The molecule has 1 heterocycles. The van der Waals surface area contributed by atoms with Gasteiger partial charge in [-0.2, -0.15) is 0 Å². The summed E-state index contributed by atoms with van der Waals surface area (Å²) in [5, 5.41) is 5.30. The van der Waals surface area contributed by atoms with Crippen LogP contribution in [0.4, 0.5) is 4.79 Å². The first-order valence-electron chi connectivity index (χ1n) is 9.71. The molecule has 1 aromatic carbocycles. The topological polar surface area (TPSA) is 97.0 Å². The maximum atomic E-state index is 12.7. The van der Waals surface area contributed by atoms with Crippen LogP contribution in [0.3, 0.4) is 0 Å². The molecule has 0 spiro atoms.